The summed E-state index contributed by atoms with van der Waals surface area (Å²) in [5, 5.41) is 10.7. The monoisotopic (exact) mass is 1630 g/mol. The van der Waals surface area contributed by atoms with Crippen molar-refractivity contribution in [2.45, 2.75) is 528 Å². The number of phosphoric acid groups is 2. The molecule has 0 radical (unpaired) electrons. The van der Waals surface area contributed by atoms with Crippen LogP contribution in [0.5, 0.6) is 0 Å². The van der Waals surface area contributed by atoms with Crippen LogP contribution in [0.1, 0.15) is 510 Å². The number of ether oxygens (including phenoxy) is 4. The van der Waals surface area contributed by atoms with Gasteiger partial charge in [-0.3, -0.25) is 37.3 Å². The van der Waals surface area contributed by atoms with E-state index < -0.39 is 97.5 Å². The molecule has 0 aliphatic rings. The van der Waals surface area contributed by atoms with E-state index in [4.69, 9.17) is 37.0 Å². The average Bonchev–Trinajstić information content (AvgIpc) is 0.902. The molecule has 3 N–H and O–H groups in total. The number of esters is 4. The first kappa shape index (κ1) is 110. The number of carbonyl (C=O) groups excluding carboxylic acids is 4. The molecule has 0 aromatic rings. The lowest BCUT2D eigenvalue weighted by Gasteiger charge is -2.21. The molecule has 0 aromatic carbocycles. The first-order chi connectivity index (χ1) is 54.6. The summed E-state index contributed by atoms with van der Waals surface area (Å²) in [7, 11) is -9.94. The molecule has 19 heteroatoms. The summed E-state index contributed by atoms with van der Waals surface area (Å²) in [6.07, 6.45) is 82.0. The highest BCUT2D eigenvalue weighted by atomic mass is 31.2. The van der Waals surface area contributed by atoms with Gasteiger partial charge in [0.1, 0.15) is 19.3 Å². The number of aliphatic hydroxyl groups excluding tert-OH is 1. The average molecular weight is 1630 g/mol. The van der Waals surface area contributed by atoms with Gasteiger partial charge >= 0.3 is 39.5 Å². The van der Waals surface area contributed by atoms with Crippen LogP contribution in [0, 0.1) is 5.92 Å². The molecule has 0 amide bonds. The first-order valence-electron chi connectivity index (χ1n) is 48.2. The minimum absolute atomic E-state index is 0.110. The molecule has 0 aromatic heterocycles. The Hall–Kier alpha value is -1.94. The number of aliphatic hydroxyl groups is 1. The smallest absolute Gasteiger partial charge is 0.462 e. The van der Waals surface area contributed by atoms with Crippen molar-refractivity contribution in [2.75, 3.05) is 39.6 Å². The van der Waals surface area contributed by atoms with E-state index in [-0.39, 0.29) is 25.7 Å². The van der Waals surface area contributed by atoms with Crippen molar-refractivity contribution in [2.24, 2.45) is 5.92 Å². The van der Waals surface area contributed by atoms with Gasteiger partial charge in [-0.15, -0.1) is 0 Å². The SMILES string of the molecule is CCCCCCCCCCCCCCCCCCCCCCC(=O)OC[C@H](COP(=O)(O)OC[C@@H](O)COP(=O)(O)OC[C@@H](COC(=O)CCCCCCCCCCCCC)OC(=O)CCCCCCCCCCCCCCCCCCCCC)OC(=O)CCCCCCCCCCCCCCCCCCCCC(C)CC. The molecule has 6 atom stereocenters. The van der Waals surface area contributed by atoms with Crippen LogP contribution in [0.2, 0.25) is 0 Å². The Morgan fingerprint density at radius 2 is 0.429 bits per heavy atom. The number of carbonyl (C=O) groups is 4. The Balaban J connectivity index is 5.23. The first-order valence-corrected chi connectivity index (χ1v) is 51.2. The van der Waals surface area contributed by atoms with E-state index >= 15 is 0 Å². The van der Waals surface area contributed by atoms with Gasteiger partial charge in [-0.1, -0.05) is 458 Å². The molecule has 3 unspecified atom stereocenters. The zero-order valence-electron chi connectivity index (χ0n) is 73.8. The summed E-state index contributed by atoms with van der Waals surface area (Å²) in [5.41, 5.74) is 0. The zero-order valence-corrected chi connectivity index (χ0v) is 75.6. The van der Waals surface area contributed by atoms with Crippen LogP contribution in [-0.4, -0.2) is 96.7 Å². The lowest BCUT2D eigenvalue weighted by atomic mass is 9.99. The highest BCUT2D eigenvalue weighted by Crippen LogP contribution is 2.45. The molecule has 0 rings (SSSR count). The topological polar surface area (TPSA) is 237 Å². The van der Waals surface area contributed by atoms with Crippen LogP contribution in [0.25, 0.3) is 0 Å². The van der Waals surface area contributed by atoms with E-state index in [0.717, 1.165) is 95.8 Å². The number of rotatable bonds is 93. The second-order valence-electron chi connectivity index (χ2n) is 33.6. The van der Waals surface area contributed by atoms with Crippen molar-refractivity contribution in [1.29, 1.82) is 0 Å². The third-order valence-corrected chi connectivity index (χ3v) is 24.3. The molecule has 17 nitrogen and oxygen atoms in total. The van der Waals surface area contributed by atoms with E-state index in [9.17, 15) is 43.2 Å². The lowest BCUT2D eigenvalue weighted by molar-refractivity contribution is -0.161. The molecule has 0 bridgehead atoms. The Morgan fingerprint density at radius 1 is 0.250 bits per heavy atom. The van der Waals surface area contributed by atoms with Gasteiger partial charge in [-0.2, -0.15) is 0 Å². The summed E-state index contributed by atoms with van der Waals surface area (Å²) in [4.78, 5) is 73.5. The number of hydrogen-bond acceptors (Lipinski definition) is 15. The zero-order chi connectivity index (χ0) is 81.8. The summed E-state index contributed by atoms with van der Waals surface area (Å²) in [5.74, 6) is -1.22. The Labute approximate surface area is 689 Å². The van der Waals surface area contributed by atoms with Crippen LogP contribution in [-0.2, 0) is 65.4 Å². The molecule has 0 fully saturated rings. The summed E-state index contributed by atoms with van der Waals surface area (Å²) in [6.45, 7) is 7.47. The van der Waals surface area contributed by atoms with Crippen LogP contribution < -0.4 is 0 Å². The quantitative estimate of drug-likeness (QED) is 0.0222. The predicted molar refractivity (Wildman–Crippen MR) is 465 cm³/mol. The molecule has 0 saturated carbocycles. The highest BCUT2D eigenvalue weighted by molar-refractivity contribution is 7.47. The second-order valence-corrected chi connectivity index (χ2v) is 36.6. The maximum atomic E-state index is 13.2. The van der Waals surface area contributed by atoms with Crippen LogP contribution in [0.15, 0.2) is 0 Å². The third-order valence-electron chi connectivity index (χ3n) is 22.4. The number of unbranched alkanes of at least 4 members (excludes halogenated alkanes) is 64. The van der Waals surface area contributed by atoms with E-state index in [0.29, 0.717) is 25.7 Å². The fourth-order valence-corrected chi connectivity index (χ4v) is 16.3. The Kier molecular flexibility index (Phi) is 84.0. The van der Waals surface area contributed by atoms with E-state index in [2.05, 4.69) is 34.6 Å². The maximum Gasteiger partial charge on any atom is 0.472 e. The van der Waals surface area contributed by atoms with Gasteiger partial charge in [-0.05, 0) is 31.6 Å². The van der Waals surface area contributed by atoms with Gasteiger partial charge in [0.2, 0.25) is 0 Å². The van der Waals surface area contributed by atoms with Crippen molar-refractivity contribution >= 4 is 39.5 Å². The highest BCUT2D eigenvalue weighted by Gasteiger charge is 2.31. The van der Waals surface area contributed by atoms with Crippen molar-refractivity contribution in [3.63, 3.8) is 0 Å². The van der Waals surface area contributed by atoms with Crippen molar-refractivity contribution < 1.29 is 80.2 Å². The van der Waals surface area contributed by atoms with E-state index in [1.165, 1.54) is 334 Å². The Morgan fingerprint density at radius 3 is 0.634 bits per heavy atom. The molecule has 0 heterocycles. The molecule has 0 spiro atoms. The van der Waals surface area contributed by atoms with Crippen LogP contribution in [0.4, 0.5) is 0 Å². The fourth-order valence-electron chi connectivity index (χ4n) is 14.7. The van der Waals surface area contributed by atoms with Crippen LogP contribution >= 0.6 is 15.6 Å². The van der Waals surface area contributed by atoms with Crippen LogP contribution in [0.3, 0.4) is 0 Å². The summed E-state index contributed by atoms with van der Waals surface area (Å²) >= 11 is 0. The van der Waals surface area contributed by atoms with Gasteiger partial charge in [-0.25, -0.2) is 9.13 Å². The van der Waals surface area contributed by atoms with Crippen molar-refractivity contribution in [3.05, 3.63) is 0 Å². The molecule has 0 aliphatic carbocycles. The normalized spacial score (nSPS) is 13.9. The molecule has 112 heavy (non-hydrogen) atoms. The third kappa shape index (κ3) is 84.5. The molecule has 0 aliphatic heterocycles. The molecule has 0 saturated heterocycles. The van der Waals surface area contributed by atoms with Gasteiger partial charge < -0.3 is 33.8 Å². The Bertz CT molecular complexity index is 2120. The second kappa shape index (κ2) is 85.5. The van der Waals surface area contributed by atoms with E-state index in [1.54, 1.807) is 0 Å². The van der Waals surface area contributed by atoms with Crippen molar-refractivity contribution in [3.8, 4) is 0 Å². The standard InChI is InChI=1S/C93H182O17P2/c1-6-10-13-16-19-22-25-27-29-31-33-35-39-43-47-52-57-62-67-72-77-91(96)104-83-89(110-93(98)79-74-69-64-59-54-49-45-41-37-36-38-42-46-51-55-60-65-70-75-86(5)9-4)85-108-112(101,102)106-81-87(94)80-105-111(99,100)107-84-88(82-103-90(95)76-71-66-61-56-50-24-21-18-15-12-8-3)109-92(97)78-73-68-63-58-53-48-44-40-34-32-30-28-26-23-20-17-14-11-7-2/h86-89,94H,6-85H2,1-5H3,(H,99,100)(H,101,102)/t86?,87-,88+,89+/m0/s1. The van der Waals surface area contributed by atoms with Gasteiger partial charge in [0.05, 0.1) is 26.4 Å². The number of hydrogen-bond donors (Lipinski definition) is 3. The minimum Gasteiger partial charge on any atom is -0.462 e. The molecule has 666 valence electrons. The minimum atomic E-state index is -4.97. The summed E-state index contributed by atoms with van der Waals surface area (Å²) < 4.78 is 69.1. The van der Waals surface area contributed by atoms with Crippen molar-refractivity contribution in [1.82, 2.24) is 0 Å². The van der Waals surface area contributed by atoms with Gasteiger partial charge in [0, 0.05) is 25.7 Å². The largest absolute Gasteiger partial charge is 0.472 e. The fraction of sp³-hybridized carbons (Fsp3) is 0.957. The van der Waals surface area contributed by atoms with E-state index in [1.807, 2.05) is 0 Å². The predicted octanol–water partition coefficient (Wildman–Crippen LogP) is 29.1. The van der Waals surface area contributed by atoms with Gasteiger partial charge in [0.25, 0.3) is 0 Å². The molecular weight excluding hydrogens is 1450 g/mol. The van der Waals surface area contributed by atoms with Gasteiger partial charge in [0.15, 0.2) is 12.2 Å². The lowest BCUT2D eigenvalue weighted by Crippen LogP contribution is -2.30. The maximum absolute atomic E-state index is 13.2. The molecular formula is C93H182O17P2. The number of phosphoric ester groups is 2. The summed E-state index contributed by atoms with van der Waals surface area (Å²) in [6, 6.07) is 0.